The highest BCUT2D eigenvalue weighted by molar-refractivity contribution is 6.03. The number of nitrogens with zero attached hydrogens (tertiary/aromatic N) is 4. The van der Waals surface area contributed by atoms with Crippen LogP contribution in [0, 0.1) is 0 Å². The summed E-state index contributed by atoms with van der Waals surface area (Å²) in [6.07, 6.45) is 4.86. The van der Waals surface area contributed by atoms with Gasteiger partial charge in [-0.15, -0.1) is 0 Å². The number of carbonyl (C=O) groups excluding carboxylic acids is 1. The molecule has 2 aromatic heterocycles. The van der Waals surface area contributed by atoms with E-state index in [0.29, 0.717) is 0 Å². The molecule has 106 valence electrons. The summed E-state index contributed by atoms with van der Waals surface area (Å²) in [7, 11) is 1.56. The summed E-state index contributed by atoms with van der Waals surface area (Å²) in [5.74, 6) is -1.70. The van der Waals surface area contributed by atoms with Crippen molar-refractivity contribution in [2.24, 2.45) is 7.05 Å². The van der Waals surface area contributed by atoms with E-state index in [1.807, 2.05) is 13.1 Å². The zero-order valence-electron chi connectivity index (χ0n) is 11.2. The summed E-state index contributed by atoms with van der Waals surface area (Å²) in [4.78, 5) is 23.0. The number of aromatic nitrogens is 4. The van der Waals surface area contributed by atoms with Gasteiger partial charge in [0.05, 0.1) is 11.8 Å². The molecule has 0 aliphatic carbocycles. The van der Waals surface area contributed by atoms with Crippen molar-refractivity contribution in [1.29, 1.82) is 0 Å². The summed E-state index contributed by atoms with van der Waals surface area (Å²) < 4.78 is 3.04. The fourth-order valence-corrected chi connectivity index (χ4v) is 1.76. The number of aromatic carboxylic acids is 1. The summed E-state index contributed by atoms with van der Waals surface area (Å²) in [5.41, 5.74) is 0.637. The minimum atomic E-state index is -1.23. The van der Waals surface area contributed by atoms with E-state index < -0.39 is 11.9 Å². The number of carboxylic acids is 1. The van der Waals surface area contributed by atoms with Gasteiger partial charge in [-0.1, -0.05) is 0 Å². The lowest BCUT2D eigenvalue weighted by atomic mass is 10.2. The van der Waals surface area contributed by atoms with E-state index in [2.05, 4.69) is 15.5 Å². The first kappa shape index (κ1) is 13.8. The second kappa shape index (κ2) is 5.55. The molecule has 20 heavy (non-hydrogen) atoms. The molecule has 2 heterocycles. The van der Waals surface area contributed by atoms with Gasteiger partial charge in [-0.05, 0) is 6.92 Å². The van der Waals surface area contributed by atoms with Crippen molar-refractivity contribution in [3.8, 4) is 0 Å². The lowest BCUT2D eigenvalue weighted by Crippen LogP contribution is -2.24. The quantitative estimate of drug-likeness (QED) is 0.816. The number of aryl methyl sites for hydroxylation is 2. The van der Waals surface area contributed by atoms with Gasteiger partial charge in [0.25, 0.3) is 5.91 Å². The third-order valence-corrected chi connectivity index (χ3v) is 2.74. The SMILES string of the molecule is CCn1cc(CNC(=O)c2cn(C)nc2C(=O)O)cn1. The highest BCUT2D eigenvalue weighted by atomic mass is 16.4. The second-order valence-electron chi connectivity index (χ2n) is 4.26. The number of hydrogen-bond donors (Lipinski definition) is 2. The third-order valence-electron chi connectivity index (χ3n) is 2.74. The van der Waals surface area contributed by atoms with Crippen LogP contribution in [0.4, 0.5) is 0 Å². The van der Waals surface area contributed by atoms with Gasteiger partial charge in [0.2, 0.25) is 0 Å². The van der Waals surface area contributed by atoms with Crippen LogP contribution in [0.3, 0.4) is 0 Å². The number of hydrogen-bond acceptors (Lipinski definition) is 4. The maximum atomic E-state index is 12.0. The second-order valence-corrected chi connectivity index (χ2v) is 4.26. The van der Waals surface area contributed by atoms with E-state index in [-0.39, 0.29) is 17.8 Å². The number of nitrogens with one attached hydrogen (secondary N) is 1. The molecule has 0 atom stereocenters. The van der Waals surface area contributed by atoms with Crippen LogP contribution >= 0.6 is 0 Å². The first-order valence-corrected chi connectivity index (χ1v) is 6.07. The van der Waals surface area contributed by atoms with E-state index in [9.17, 15) is 9.59 Å². The molecule has 0 saturated carbocycles. The first-order chi connectivity index (χ1) is 9.51. The molecule has 2 rings (SSSR count). The van der Waals surface area contributed by atoms with Gasteiger partial charge >= 0.3 is 5.97 Å². The minimum Gasteiger partial charge on any atom is -0.476 e. The fraction of sp³-hybridized carbons (Fsp3) is 0.333. The molecule has 2 N–H and O–H groups in total. The van der Waals surface area contributed by atoms with Gasteiger partial charge in [0.1, 0.15) is 0 Å². The molecular formula is C12H15N5O3. The Morgan fingerprint density at radius 1 is 1.40 bits per heavy atom. The molecule has 0 fully saturated rings. The monoisotopic (exact) mass is 277 g/mol. The van der Waals surface area contributed by atoms with Crippen molar-refractivity contribution < 1.29 is 14.7 Å². The molecule has 0 spiro atoms. The Labute approximate surface area is 115 Å². The van der Waals surface area contributed by atoms with Crippen molar-refractivity contribution in [3.05, 3.63) is 35.4 Å². The van der Waals surface area contributed by atoms with Crippen molar-refractivity contribution in [1.82, 2.24) is 24.9 Å². The number of carboxylic acid groups (broad SMARTS) is 1. The fourth-order valence-electron chi connectivity index (χ4n) is 1.76. The number of carbonyl (C=O) groups is 2. The van der Waals surface area contributed by atoms with Crippen molar-refractivity contribution >= 4 is 11.9 Å². The lowest BCUT2D eigenvalue weighted by Gasteiger charge is -2.02. The summed E-state index contributed by atoms with van der Waals surface area (Å²) >= 11 is 0. The smallest absolute Gasteiger partial charge is 0.357 e. The standard InChI is InChI=1S/C12H15N5O3/c1-3-17-6-8(5-14-17)4-13-11(18)9-7-16(2)15-10(9)12(19)20/h5-7H,3-4H2,1-2H3,(H,13,18)(H,19,20). The average Bonchev–Trinajstić information content (AvgIpc) is 3.02. The molecule has 0 aliphatic heterocycles. The Bertz CT molecular complexity index is 643. The Kier molecular flexibility index (Phi) is 3.83. The molecule has 2 aromatic rings. The predicted octanol–water partition coefficient (Wildman–Crippen LogP) is 0.265. The van der Waals surface area contributed by atoms with Crippen LogP contribution in [0.1, 0.15) is 33.3 Å². The van der Waals surface area contributed by atoms with Crippen LogP contribution in [0.5, 0.6) is 0 Å². The zero-order chi connectivity index (χ0) is 14.7. The summed E-state index contributed by atoms with van der Waals surface area (Å²) in [6, 6.07) is 0. The van der Waals surface area contributed by atoms with Crippen molar-refractivity contribution in [2.75, 3.05) is 0 Å². The molecule has 0 unspecified atom stereocenters. The molecule has 8 nitrogen and oxygen atoms in total. The van der Waals surface area contributed by atoms with Gasteiger partial charge in [0.15, 0.2) is 5.69 Å². The molecule has 0 aliphatic rings. The van der Waals surface area contributed by atoms with Crippen LogP contribution in [-0.4, -0.2) is 36.5 Å². The predicted molar refractivity (Wildman–Crippen MR) is 69.2 cm³/mol. The maximum Gasteiger partial charge on any atom is 0.357 e. The molecule has 1 amide bonds. The molecule has 0 aromatic carbocycles. The molecule has 8 heteroatoms. The van der Waals surface area contributed by atoms with Crippen LogP contribution in [0.25, 0.3) is 0 Å². The Morgan fingerprint density at radius 3 is 2.75 bits per heavy atom. The minimum absolute atomic E-state index is 0.0443. The topological polar surface area (TPSA) is 102 Å². The summed E-state index contributed by atoms with van der Waals surface area (Å²) in [5, 5.41) is 19.5. The highest BCUT2D eigenvalue weighted by Crippen LogP contribution is 2.07. The Morgan fingerprint density at radius 2 is 2.15 bits per heavy atom. The summed E-state index contributed by atoms with van der Waals surface area (Å²) in [6.45, 7) is 3.00. The van der Waals surface area contributed by atoms with Crippen LogP contribution < -0.4 is 5.32 Å². The van der Waals surface area contributed by atoms with E-state index in [4.69, 9.17) is 5.11 Å². The van der Waals surface area contributed by atoms with Gasteiger partial charge in [-0.2, -0.15) is 10.2 Å². The van der Waals surface area contributed by atoms with Crippen LogP contribution in [0.2, 0.25) is 0 Å². The van der Waals surface area contributed by atoms with E-state index in [0.717, 1.165) is 12.1 Å². The maximum absolute atomic E-state index is 12.0. The van der Waals surface area contributed by atoms with E-state index in [1.54, 1.807) is 17.9 Å². The number of rotatable bonds is 5. The van der Waals surface area contributed by atoms with Crippen molar-refractivity contribution in [3.63, 3.8) is 0 Å². The highest BCUT2D eigenvalue weighted by Gasteiger charge is 2.20. The first-order valence-electron chi connectivity index (χ1n) is 6.07. The van der Waals surface area contributed by atoms with E-state index >= 15 is 0 Å². The Balaban J connectivity index is 2.06. The normalized spacial score (nSPS) is 10.5. The molecular weight excluding hydrogens is 262 g/mol. The van der Waals surface area contributed by atoms with Gasteiger partial charge in [-0.3, -0.25) is 14.2 Å². The van der Waals surface area contributed by atoms with Crippen molar-refractivity contribution in [2.45, 2.75) is 20.0 Å². The number of amides is 1. The molecule has 0 radical (unpaired) electrons. The largest absolute Gasteiger partial charge is 0.476 e. The lowest BCUT2D eigenvalue weighted by molar-refractivity contribution is 0.0684. The zero-order valence-corrected chi connectivity index (χ0v) is 11.2. The van der Waals surface area contributed by atoms with Gasteiger partial charge in [0, 0.05) is 38.1 Å². The average molecular weight is 277 g/mol. The molecule has 0 saturated heterocycles. The Hall–Kier alpha value is -2.64. The van der Waals surface area contributed by atoms with E-state index in [1.165, 1.54) is 10.9 Å². The van der Waals surface area contributed by atoms with Gasteiger partial charge < -0.3 is 10.4 Å². The van der Waals surface area contributed by atoms with Crippen LogP contribution in [0.15, 0.2) is 18.6 Å². The van der Waals surface area contributed by atoms with Crippen LogP contribution in [-0.2, 0) is 20.1 Å². The third kappa shape index (κ3) is 2.85. The molecule has 0 bridgehead atoms. The van der Waals surface area contributed by atoms with Gasteiger partial charge in [-0.25, -0.2) is 4.79 Å².